The first kappa shape index (κ1) is 7.95. The fraction of sp³-hybridized carbons (Fsp3) is 0.714. The van der Waals surface area contributed by atoms with E-state index in [1.165, 1.54) is 0 Å². The van der Waals surface area contributed by atoms with E-state index in [1.807, 2.05) is 0 Å². The van der Waals surface area contributed by atoms with Gasteiger partial charge in [0.15, 0.2) is 0 Å². The third-order valence-electron chi connectivity index (χ3n) is 1.64. The van der Waals surface area contributed by atoms with Gasteiger partial charge in [-0.1, -0.05) is 6.58 Å². The van der Waals surface area contributed by atoms with Crippen molar-refractivity contribution in [1.29, 1.82) is 0 Å². The van der Waals surface area contributed by atoms with Crippen molar-refractivity contribution in [3.63, 3.8) is 0 Å². The van der Waals surface area contributed by atoms with Gasteiger partial charge >= 0.3 is 0 Å². The molecule has 3 heteroatoms. The van der Waals surface area contributed by atoms with Gasteiger partial charge in [-0.3, -0.25) is 0 Å². The van der Waals surface area contributed by atoms with Gasteiger partial charge in [-0.25, -0.2) is 0 Å². The Morgan fingerprint density at radius 3 is 2.90 bits per heavy atom. The van der Waals surface area contributed by atoms with Gasteiger partial charge in [0.2, 0.25) is 0 Å². The second kappa shape index (κ2) is 3.30. The van der Waals surface area contributed by atoms with Gasteiger partial charge in [0.1, 0.15) is 0 Å². The smallest absolute Gasteiger partial charge is 0.0993 e. The monoisotopic (exact) mass is 159 g/mol. The van der Waals surface area contributed by atoms with Crippen LogP contribution in [-0.4, -0.2) is 41.1 Å². The standard InChI is InChI=1S/C7H13NOS/c1-6(9)7-5-8(2)3-4-10-7/h7,9H,1,3-5H2,2H3. The summed E-state index contributed by atoms with van der Waals surface area (Å²) in [6.45, 7) is 5.57. The van der Waals surface area contributed by atoms with Crippen molar-refractivity contribution in [2.75, 3.05) is 25.9 Å². The van der Waals surface area contributed by atoms with E-state index in [1.54, 1.807) is 11.8 Å². The Hall–Kier alpha value is -0.150. The Labute approximate surface area is 65.9 Å². The molecule has 1 saturated heterocycles. The summed E-state index contributed by atoms with van der Waals surface area (Å²) >= 11 is 1.78. The van der Waals surface area contributed by atoms with Gasteiger partial charge in [-0.15, -0.1) is 11.8 Å². The molecule has 0 saturated carbocycles. The van der Waals surface area contributed by atoms with E-state index >= 15 is 0 Å². The molecule has 0 aromatic carbocycles. The van der Waals surface area contributed by atoms with Crippen molar-refractivity contribution in [2.24, 2.45) is 0 Å². The van der Waals surface area contributed by atoms with Gasteiger partial charge < -0.3 is 10.0 Å². The first-order valence-electron chi connectivity index (χ1n) is 3.38. The summed E-state index contributed by atoms with van der Waals surface area (Å²) in [6.07, 6.45) is 0. The molecule has 0 aliphatic carbocycles. The maximum absolute atomic E-state index is 9.05. The van der Waals surface area contributed by atoms with Crippen LogP contribution in [-0.2, 0) is 0 Å². The van der Waals surface area contributed by atoms with Crippen LogP contribution < -0.4 is 0 Å². The summed E-state index contributed by atoms with van der Waals surface area (Å²) in [4.78, 5) is 2.21. The second-order valence-corrected chi connectivity index (χ2v) is 3.92. The van der Waals surface area contributed by atoms with E-state index in [9.17, 15) is 0 Å². The fourth-order valence-electron chi connectivity index (χ4n) is 0.979. The molecular weight excluding hydrogens is 146 g/mol. The Morgan fingerprint density at radius 1 is 1.80 bits per heavy atom. The van der Waals surface area contributed by atoms with Crippen molar-refractivity contribution in [3.05, 3.63) is 12.3 Å². The second-order valence-electron chi connectivity index (χ2n) is 2.61. The van der Waals surface area contributed by atoms with Gasteiger partial charge in [0.25, 0.3) is 0 Å². The maximum atomic E-state index is 9.05. The molecule has 0 bridgehead atoms. The quantitative estimate of drug-likeness (QED) is 0.580. The summed E-state index contributed by atoms with van der Waals surface area (Å²) in [6, 6.07) is 0. The zero-order valence-corrected chi connectivity index (χ0v) is 7.02. The number of rotatable bonds is 1. The van der Waals surface area contributed by atoms with Crippen molar-refractivity contribution in [1.82, 2.24) is 4.90 Å². The average Bonchev–Trinajstić information content (AvgIpc) is 1.88. The first-order valence-corrected chi connectivity index (χ1v) is 4.43. The first-order chi connectivity index (χ1) is 4.70. The Morgan fingerprint density at radius 2 is 2.50 bits per heavy atom. The number of nitrogens with zero attached hydrogens (tertiary/aromatic N) is 1. The van der Waals surface area contributed by atoms with Crippen LogP contribution in [0.2, 0.25) is 0 Å². The van der Waals surface area contributed by atoms with E-state index in [4.69, 9.17) is 5.11 Å². The minimum Gasteiger partial charge on any atom is -0.512 e. The molecule has 1 heterocycles. The molecule has 1 atom stereocenters. The SMILES string of the molecule is C=C(O)C1CN(C)CCS1. The lowest BCUT2D eigenvalue weighted by Gasteiger charge is -2.28. The van der Waals surface area contributed by atoms with E-state index < -0.39 is 0 Å². The lowest BCUT2D eigenvalue weighted by atomic mass is 10.3. The molecule has 1 aliphatic heterocycles. The topological polar surface area (TPSA) is 23.5 Å². The molecule has 1 fully saturated rings. The van der Waals surface area contributed by atoms with Crippen molar-refractivity contribution in [3.8, 4) is 0 Å². The number of hydrogen-bond donors (Lipinski definition) is 1. The molecule has 0 aromatic heterocycles. The minimum absolute atomic E-state index is 0.235. The highest BCUT2D eigenvalue weighted by Crippen LogP contribution is 2.21. The summed E-state index contributed by atoms with van der Waals surface area (Å²) < 4.78 is 0. The molecule has 0 radical (unpaired) electrons. The van der Waals surface area contributed by atoms with E-state index in [-0.39, 0.29) is 5.25 Å². The molecule has 0 amide bonds. The minimum atomic E-state index is 0.235. The molecule has 58 valence electrons. The fourth-order valence-corrected chi connectivity index (χ4v) is 2.23. The predicted octanol–water partition coefficient (Wildman–Crippen LogP) is 1.11. The predicted molar refractivity (Wildman–Crippen MR) is 45.5 cm³/mol. The number of thioether (sulfide) groups is 1. The molecule has 1 aliphatic rings. The molecule has 1 N–H and O–H groups in total. The Kier molecular flexibility index (Phi) is 2.63. The lowest BCUT2D eigenvalue weighted by molar-refractivity contribution is 0.315. The van der Waals surface area contributed by atoms with Crippen LogP contribution in [0.5, 0.6) is 0 Å². The molecular formula is C7H13NOS. The highest BCUT2D eigenvalue weighted by Gasteiger charge is 2.19. The summed E-state index contributed by atoms with van der Waals surface area (Å²) in [5.41, 5.74) is 0. The maximum Gasteiger partial charge on any atom is 0.0993 e. The molecule has 1 rings (SSSR count). The number of aliphatic hydroxyl groups excluding tert-OH is 1. The van der Waals surface area contributed by atoms with Crippen LogP contribution >= 0.6 is 11.8 Å². The summed E-state index contributed by atoms with van der Waals surface area (Å²) in [7, 11) is 2.07. The van der Waals surface area contributed by atoms with E-state index in [0.717, 1.165) is 18.8 Å². The zero-order chi connectivity index (χ0) is 7.56. The van der Waals surface area contributed by atoms with Crippen molar-refractivity contribution >= 4 is 11.8 Å². The summed E-state index contributed by atoms with van der Waals surface area (Å²) in [5.74, 6) is 1.41. The lowest BCUT2D eigenvalue weighted by Crippen LogP contribution is -2.35. The van der Waals surface area contributed by atoms with Gasteiger partial charge in [-0.05, 0) is 7.05 Å². The highest BCUT2D eigenvalue weighted by molar-refractivity contribution is 8.00. The Balaban J connectivity index is 2.39. The highest BCUT2D eigenvalue weighted by atomic mass is 32.2. The zero-order valence-electron chi connectivity index (χ0n) is 6.21. The Bertz CT molecular complexity index is 138. The van der Waals surface area contributed by atoms with Crippen molar-refractivity contribution < 1.29 is 5.11 Å². The van der Waals surface area contributed by atoms with Crippen LogP contribution in [0.1, 0.15) is 0 Å². The van der Waals surface area contributed by atoms with Gasteiger partial charge in [0, 0.05) is 18.8 Å². The van der Waals surface area contributed by atoms with Crippen LogP contribution in [0.25, 0.3) is 0 Å². The number of aliphatic hydroxyl groups is 1. The van der Waals surface area contributed by atoms with Gasteiger partial charge in [-0.2, -0.15) is 0 Å². The summed E-state index contributed by atoms with van der Waals surface area (Å²) in [5, 5.41) is 9.29. The van der Waals surface area contributed by atoms with Crippen LogP contribution in [0.3, 0.4) is 0 Å². The van der Waals surface area contributed by atoms with Crippen LogP contribution in [0.15, 0.2) is 12.3 Å². The third kappa shape index (κ3) is 1.92. The van der Waals surface area contributed by atoms with E-state index in [2.05, 4.69) is 18.5 Å². The molecule has 10 heavy (non-hydrogen) atoms. The van der Waals surface area contributed by atoms with Crippen molar-refractivity contribution in [2.45, 2.75) is 5.25 Å². The molecule has 0 spiro atoms. The normalized spacial score (nSPS) is 28.3. The number of hydrogen-bond acceptors (Lipinski definition) is 3. The largest absolute Gasteiger partial charge is 0.512 e. The third-order valence-corrected chi connectivity index (χ3v) is 2.88. The molecule has 1 unspecified atom stereocenters. The van der Waals surface area contributed by atoms with Gasteiger partial charge in [0.05, 0.1) is 11.0 Å². The average molecular weight is 159 g/mol. The van der Waals surface area contributed by atoms with E-state index in [0.29, 0.717) is 5.76 Å². The molecule has 0 aromatic rings. The van der Waals surface area contributed by atoms with Crippen LogP contribution in [0.4, 0.5) is 0 Å². The van der Waals surface area contributed by atoms with Crippen LogP contribution in [0, 0.1) is 0 Å². The molecule has 2 nitrogen and oxygen atoms in total.